The van der Waals surface area contributed by atoms with E-state index < -0.39 is 5.97 Å². The maximum absolute atomic E-state index is 12.3. The van der Waals surface area contributed by atoms with Crippen LogP contribution in [0.4, 0.5) is 4.79 Å². The highest BCUT2D eigenvalue weighted by molar-refractivity contribution is 5.82. The molecule has 1 aromatic heterocycles. The van der Waals surface area contributed by atoms with Crippen molar-refractivity contribution < 1.29 is 19.4 Å². The number of ether oxygens (including phenoxy) is 1. The number of aliphatic carboxylic acids is 1. The largest absolute Gasteiger partial charge is 0.481 e. The molecule has 0 radical (unpaired) electrons. The van der Waals surface area contributed by atoms with Gasteiger partial charge in [-0.1, -0.05) is 30.3 Å². The minimum absolute atomic E-state index is 0.248. The van der Waals surface area contributed by atoms with Crippen LogP contribution in [0.3, 0.4) is 0 Å². The molecule has 2 aromatic carbocycles. The number of aromatic nitrogens is 2. The molecule has 1 fully saturated rings. The van der Waals surface area contributed by atoms with Gasteiger partial charge in [0, 0.05) is 24.1 Å². The molecule has 7 heteroatoms. The topological polar surface area (TPSA) is 84.7 Å². The van der Waals surface area contributed by atoms with Gasteiger partial charge in [0.2, 0.25) is 0 Å². The number of hydrogen-bond acceptors (Lipinski definition) is 4. The van der Waals surface area contributed by atoms with E-state index in [9.17, 15) is 14.7 Å². The van der Waals surface area contributed by atoms with Crippen LogP contribution in [0.2, 0.25) is 0 Å². The predicted molar refractivity (Wildman–Crippen MR) is 136 cm³/mol. The summed E-state index contributed by atoms with van der Waals surface area (Å²) < 4.78 is 7.49. The van der Waals surface area contributed by atoms with Crippen LogP contribution in [-0.2, 0) is 35.3 Å². The monoisotopic (exact) mass is 487 g/mol. The quantitative estimate of drug-likeness (QED) is 0.546. The van der Waals surface area contributed by atoms with E-state index in [1.807, 2.05) is 0 Å². The number of carbonyl (C=O) groups excluding carboxylic acids is 1. The minimum atomic E-state index is -0.678. The number of carboxylic acids is 1. The second-order valence-corrected chi connectivity index (χ2v) is 10.6. The summed E-state index contributed by atoms with van der Waals surface area (Å²) in [5.74, 6) is 0.424. The molecule has 36 heavy (non-hydrogen) atoms. The minimum Gasteiger partial charge on any atom is -0.481 e. The second kappa shape index (κ2) is 9.26. The maximum Gasteiger partial charge on any atom is 0.409 e. The third kappa shape index (κ3) is 3.94. The molecule has 7 nitrogen and oxygen atoms in total. The molecule has 0 saturated heterocycles. The number of methoxy groups -OCH3 is 1. The zero-order valence-corrected chi connectivity index (χ0v) is 20.8. The molecule has 1 N–H and O–H groups in total. The number of carbonyl (C=O) groups is 2. The van der Waals surface area contributed by atoms with Crippen LogP contribution < -0.4 is 0 Å². The van der Waals surface area contributed by atoms with E-state index >= 15 is 0 Å². The van der Waals surface area contributed by atoms with Crippen molar-refractivity contribution in [3.05, 3.63) is 64.5 Å². The van der Waals surface area contributed by atoms with Crippen LogP contribution in [0.1, 0.15) is 72.1 Å². The van der Waals surface area contributed by atoms with Crippen molar-refractivity contribution in [1.82, 2.24) is 14.5 Å². The fourth-order valence-corrected chi connectivity index (χ4v) is 6.67. The normalized spacial score (nSPS) is 23.7. The number of fused-ring (bicyclic) bond motifs is 4. The molecule has 188 valence electrons. The van der Waals surface area contributed by atoms with Gasteiger partial charge in [-0.25, -0.2) is 9.78 Å². The number of hydrogen-bond donors (Lipinski definition) is 1. The predicted octanol–water partition coefficient (Wildman–Crippen LogP) is 5.25. The Kier molecular flexibility index (Phi) is 5.94. The van der Waals surface area contributed by atoms with Crippen molar-refractivity contribution in [3.8, 4) is 0 Å². The van der Waals surface area contributed by atoms with Crippen molar-refractivity contribution in [2.24, 2.45) is 5.92 Å². The van der Waals surface area contributed by atoms with Gasteiger partial charge in [-0.05, 0) is 74.1 Å². The summed E-state index contributed by atoms with van der Waals surface area (Å²) >= 11 is 0. The summed E-state index contributed by atoms with van der Waals surface area (Å²) in [6.07, 6.45) is 6.68. The third-order valence-corrected chi connectivity index (χ3v) is 8.65. The lowest BCUT2D eigenvalue weighted by Crippen LogP contribution is -2.35. The number of benzene rings is 2. The van der Waals surface area contributed by atoms with Gasteiger partial charge in [-0.3, -0.25) is 4.79 Å². The summed E-state index contributed by atoms with van der Waals surface area (Å²) in [5.41, 5.74) is 7.36. The smallest absolute Gasteiger partial charge is 0.409 e. The van der Waals surface area contributed by atoms with Crippen LogP contribution in [-0.4, -0.2) is 45.3 Å². The lowest BCUT2D eigenvalue weighted by molar-refractivity contribution is -0.142. The first-order valence-corrected chi connectivity index (χ1v) is 13.2. The Morgan fingerprint density at radius 1 is 0.972 bits per heavy atom. The van der Waals surface area contributed by atoms with E-state index in [2.05, 4.69) is 41.0 Å². The summed E-state index contributed by atoms with van der Waals surface area (Å²) in [4.78, 5) is 31.0. The first-order valence-electron chi connectivity index (χ1n) is 13.2. The number of amides is 1. The number of imidazole rings is 1. The molecule has 1 amide bonds. The third-order valence-electron chi connectivity index (χ3n) is 8.65. The Morgan fingerprint density at radius 2 is 1.75 bits per heavy atom. The van der Waals surface area contributed by atoms with Gasteiger partial charge in [-0.2, -0.15) is 0 Å². The average molecular weight is 488 g/mol. The molecule has 0 unspecified atom stereocenters. The zero-order valence-electron chi connectivity index (χ0n) is 20.8. The van der Waals surface area contributed by atoms with Gasteiger partial charge < -0.3 is 19.3 Å². The first-order chi connectivity index (χ1) is 17.5. The van der Waals surface area contributed by atoms with E-state index in [0.717, 1.165) is 60.9 Å². The Labute approximate surface area is 211 Å². The average Bonchev–Trinajstić information content (AvgIpc) is 3.32. The van der Waals surface area contributed by atoms with Crippen molar-refractivity contribution in [2.75, 3.05) is 13.7 Å². The number of carboxylic acid groups (broad SMARTS) is 1. The fourth-order valence-electron chi connectivity index (χ4n) is 6.67. The number of aryl methyl sites for hydroxylation is 1. The standard InChI is InChI=1S/C29H33N3O4/c1-36-29(35)31-15-14-19-11-13-25-26(24(19)17-31)30-27(20-6-8-21(9-7-20)28(33)34)32(25)23-12-10-18-4-2-3-5-22(18)16-23/h2-5,11,13,20-21,23H,6-10,12,14-17H2,1H3,(H,33,34)/t20-,21-,23-/m1/s1. The Bertz CT molecular complexity index is 1320. The van der Waals surface area contributed by atoms with E-state index in [1.54, 1.807) is 4.90 Å². The van der Waals surface area contributed by atoms with Gasteiger partial charge in [0.05, 0.1) is 30.6 Å². The van der Waals surface area contributed by atoms with Crippen LogP contribution >= 0.6 is 0 Å². The summed E-state index contributed by atoms with van der Waals surface area (Å²) in [7, 11) is 1.43. The molecule has 3 aliphatic rings. The van der Waals surface area contributed by atoms with Gasteiger partial charge >= 0.3 is 12.1 Å². The van der Waals surface area contributed by atoms with Crippen LogP contribution in [0, 0.1) is 5.92 Å². The van der Waals surface area contributed by atoms with Crippen molar-refractivity contribution in [1.29, 1.82) is 0 Å². The van der Waals surface area contributed by atoms with Crippen LogP contribution in [0.25, 0.3) is 11.0 Å². The highest BCUT2D eigenvalue weighted by atomic mass is 16.5. The van der Waals surface area contributed by atoms with Crippen LogP contribution in [0.15, 0.2) is 36.4 Å². The molecular weight excluding hydrogens is 454 g/mol. The number of rotatable bonds is 3. The van der Waals surface area contributed by atoms with E-state index in [0.29, 0.717) is 32.0 Å². The molecule has 0 bridgehead atoms. The summed E-state index contributed by atoms with van der Waals surface area (Å²) in [5, 5.41) is 9.52. The van der Waals surface area contributed by atoms with Crippen LogP contribution in [0.5, 0.6) is 0 Å². The highest BCUT2D eigenvalue weighted by Gasteiger charge is 2.34. The summed E-state index contributed by atoms with van der Waals surface area (Å²) in [6.45, 7) is 1.16. The second-order valence-electron chi connectivity index (χ2n) is 10.6. The molecule has 2 heterocycles. The Hall–Kier alpha value is -3.35. The zero-order chi connectivity index (χ0) is 24.8. The van der Waals surface area contributed by atoms with Gasteiger partial charge in [0.15, 0.2) is 0 Å². The molecular formula is C29H33N3O4. The molecule has 1 atom stereocenters. The Balaban J connectivity index is 1.43. The molecule has 0 spiro atoms. The Morgan fingerprint density at radius 3 is 2.50 bits per heavy atom. The number of nitrogens with zero attached hydrogens (tertiary/aromatic N) is 3. The van der Waals surface area contributed by atoms with Crippen molar-refractivity contribution >= 4 is 23.1 Å². The lowest BCUT2D eigenvalue weighted by atomic mass is 9.81. The van der Waals surface area contributed by atoms with Gasteiger partial charge in [-0.15, -0.1) is 0 Å². The van der Waals surface area contributed by atoms with Crippen molar-refractivity contribution in [2.45, 2.75) is 69.9 Å². The summed E-state index contributed by atoms with van der Waals surface area (Å²) in [6, 6.07) is 13.5. The lowest BCUT2D eigenvalue weighted by Gasteiger charge is -2.31. The SMILES string of the molecule is COC(=O)N1CCc2ccc3c(nc([C@H]4CC[C@H](C(=O)O)CC4)n3[C@@H]3CCc4ccccc4C3)c2C1. The molecule has 3 aromatic rings. The molecule has 2 aliphatic carbocycles. The molecule has 6 rings (SSSR count). The first kappa shape index (κ1) is 23.1. The van der Waals surface area contributed by atoms with E-state index in [1.165, 1.54) is 23.8 Å². The maximum atomic E-state index is 12.3. The highest BCUT2D eigenvalue weighted by Crippen LogP contribution is 2.41. The van der Waals surface area contributed by atoms with Gasteiger partial charge in [0.1, 0.15) is 5.82 Å². The van der Waals surface area contributed by atoms with Crippen molar-refractivity contribution in [3.63, 3.8) is 0 Å². The van der Waals surface area contributed by atoms with E-state index in [4.69, 9.17) is 9.72 Å². The molecule has 1 aliphatic heterocycles. The van der Waals surface area contributed by atoms with Gasteiger partial charge in [0.25, 0.3) is 0 Å². The van der Waals surface area contributed by atoms with E-state index in [-0.39, 0.29) is 17.9 Å². The fraction of sp³-hybridized carbons (Fsp3) is 0.483. The molecule has 1 saturated carbocycles.